The number of carbonyl (C=O) groups is 1. The molecule has 0 saturated heterocycles. The van der Waals surface area contributed by atoms with Crippen molar-refractivity contribution in [3.05, 3.63) is 34.7 Å². The summed E-state index contributed by atoms with van der Waals surface area (Å²) < 4.78 is 3.13. The van der Waals surface area contributed by atoms with Crippen molar-refractivity contribution in [2.45, 2.75) is 6.54 Å². The summed E-state index contributed by atoms with van der Waals surface area (Å²) in [7, 11) is 1.76. The van der Waals surface area contributed by atoms with Crippen LogP contribution in [0, 0.1) is 0 Å². The topological polar surface area (TPSA) is 98.7 Å². The SMILES string of the molecule is Cn1cc(-c2c(C(=O)O)nnn2Cc2nccs2)cn1. The van der Waals surface area contributed by atoms with Crippen molar-refractivity contribution in [1.29, 1.82) is 0 Å². The normalized spacial score (nSPS) is 10.8. The van der Waals surface area contributed by atoms with E-state index in [-0.39, 0.29) is 5.69 Å². The molecule has 3 rings (SSSR count). The van der Waals surface area contributed by atoms with E-state index in [0.717, 1.165) is 5.01 Å². The lowest BCUT2D eigenvalue weighted by Crippen LogP contribution is -2.05. The third-order valence-corrected chi connectivity index (χ3v) is 3.45. The van der Waals surface area contributed by atoms with Crippen LogP contribution < -0.4 is 0 Å². The van der Waals surface area contributed by atoms with Crippen LogP contribution in [0.25, 0.3) is 11.3 Å². The Morgan fingerprint density at radius 3 is 2.95 bits per heavy atom. The maximum absolute atomic E-state index is 11.3. The number of rotatable bonds is 4. The minimum Gasteiger partial charge on any atom is -0.476 e. The van der Waals surface area contributed by atoms with E-state index < -0.39 is 5.97 Å². The van der Waals surface area contributed by atoms with Gasteiger partial charge in [0.15, 0.2) is 5.69 Å². The molecule has 3 heterocycles. The lowest BCUT2D eigenvalue weighted by Gasteiger charge is -2.03. The number of carboxylic acids is 1. The molecule has 9 heteroatoms. The smallest absolute Gasteiger partial charge is 0.358 e. The predicted molar refractivity (Wildman–Crippen MR) is 70.4 cm³/mol. The molecule has 0 aliphatic heterocycles. The second-order valence-electron chi connectivity index (χ2n) is 4.08. The van der Waals surface area contributed by atoms with Crippen LogP contribution in [0.1, 0.15) is 15.5 Å². The summed E-state index contributed by atoms with van der Waals surface area (Å²) in [5, 5.41) is 23.6. The van der Waals surface area contributed by atoms with Gasteiger partial charge in [0.1, 0.15) is 10.7 Å². The van der Waals surface area contributed by atoms with E-state index in [1.807, 2.05) is 5.38 Å². The van der Waals surface area contributed by atoms with Crippen LogP contribution >= 0.6 is 11.3 Å². The standard InChI is InChI=1S/C11H10N6O2S/c1-16-5-7(4-13-16)10-9(11(18)19)14-15-17(10)6-8-12-2-3-20-8/h2-5H,6H2,1H3,(H,18,19). The fourth-order valence-electron chi connectivity index (χ4n) is 1.86. The first-order valence-electron chi connectivity index (χ1n) is 5.69. The van der Waals surface area contributed by atoms with Crippen LogP contribution in [-0.2, 0) is 13.6 Å². The molecule has 0 unspecified atom stereocenters. The van der Waals surface area contributed by atoms with Crippen molar-refractivity contribution in [2.24, 2.45) is 7.05 Å². The van der Waals surface area contributed by atoms with Crippen LogP contribution in [0.15, 0.2) is 24.0 Å². The van der Waals surface area contributed by atoms with E-state index in [1.165, 1.54) is 16.0 Å². The molecule has 3 aromatic rings. The molecule has 102 valence electrons. The molecule has 20 heavy (non-hydrogen) atoms. The molecule has 0 saturated carbocycles. The van der Waals surface area contributed by atoms with Crippen LogP contribution in [-0.4, -0.2) is 40.8 Å². The summed E-state index contributed by atoms with van der Waals surface area (Å²) in [5.41, 5.74) is 1.00. The van der Waals surface area contributed by atoms with Gasteiger partial charge in [0, 0.05) is 30.4 Å². The first kappa shape index (κ1) is 12.5. The Bertz CT molecular complexity index is 745. The summed E-state index contributed by atoms with van der Waals surface area (Å²) in [6.07, 6.45) is 5.01. The lowest BCUT2D eigenvalue weighted by molar-refractivity contribution is 0.0691. The molecular weight excluding hydrogens is 280 g/mol. The third kappa shape index (κ3) is 2.18. The molecule has 0 aliphatic rings. The Balaban J connectivity index is 2.08. The second-order valence-corrected chi connectivity index (χ2v) is 5.06. The number of hydrogen-bond acceptors (Lipinski definition) is 6. The van der Waals surface area contributed by atoms with Gasteiger partial charge >= 0.3 is 5.97 Å². The quantitative estimate of drug-likeness (QED) is 0.766. The summed E-state index contributed by atoms with van der Waals surface area (Å²) in [4.78, 5) is 15.4. The highest BCUT2D eigenvalue weighted by molar-refractivity contribution is 7.09. The van der Waals surface area contributed by atoms with Gasteiger partial charge in [-0.25, -0.2) is 14.5 Å². The Hall–Kier alpha value is -2.55. The van der Waals surface area contributed by atoms with Crippen molar-refractivity contribution < 1.29 is 9.90 Å². The van der Waals surface area contributed by atoms with Crippen LogP contribution in [0.5, 0.6) is 0 Å². The van der Waals surface area contributed by atoms with Gasteiger partial charge in [-0.15, -0.1) is 16.4 Å². The van der Waals surface area contributed by atoms with E-state index in [1.54, 1.807) is 30.3 Å². The molecule has 0 bridgehead atoms. The van der Waals surface area contributed by atoms with Gasteiger partial charge in [-0.05, 0) is 0 Å². The van der Waals surface area contributed by atoms with Gasteiger partial charge in [-0.2, -0.15) is 5.10 Å². The number of hydrogen-bond donors (Lipinski definition) is 1. The van der Waals surface area contributed by atoms with E-state index in [2.05, 4.69) is 20.4 Å². The van der Waals surface area contributed by atoms with Crippen molar-refractivity contribution >= 4 is 17.3 Å². The first-order chi connectivity index (χ1) is 9.65. The van der Waals surface area contributed by atoms with Gasteiger partial charge in [-0.3, -0.25) is 4.68 Å². The van der Waals surface area contributed by atoms with Crippen LogP contribution in [0.3, 0.4) is 0 Å². The Morgan fingerprint density at radius 2 is 2.35 bits per heavy atom. The molecule has 0 radical (unpaired) electrons. The van der Waals surface area contributed by atoms with E-state index >= 15 is 0 Å². The van der Waals surface area contributed by atoms with E-state index in [9.17, 15) is 9.90 Å². The summed E-state index contributed by atoms with van der Waals surface area (Å²) in [6.45, 7) is 0.377. The third-order valence-electron chi connectivity index (χ3n) is 2.68. The zero-order valence-corrected chi connectivity index (χ0v) is 11.3. The Morgan fingerprint density at radius 1 is 1.50 bits per heavy atom. The van der Waals surface area contributed by atoms with Crippen LogP contribution in [0.2, 0.25) is 0 Å². The average molecular weight is 290 g/mol. The molecular formula is C11H10N6O2S. The van der Waals surface area contributed by atoms with Gasteiger partial charge < -0.3 is 5.11 Å². The second kappa shape index (κ2) is 4.85. The highest BCUT2D eigenvalue weighted by Gasteiger charge is 2.22. The molecule has 0 aliphatic carbocycles. The zero-order chi connectivity index (χ0) is 14.1. The molecule has 3 aromatic heterocycles. The average Bonchev–Trinajstić information content (AvgIpc) is 3.09. The molecule has 0 spiro atoms. The fourth-order valence-corrected chi connectivity index (χ4v) is 2.45. The largest absolute Gasteiger partial charge is 0.476 e. The van der Waals surface area contributed by atoms with Gasteiger partial charge in [0.05, 0.1) is 12.7 Å². The Labute approximate surface area is 117 Å². The lowest BCUT2D eigenvalue weighted by atomic mass is 10.2. The monoisotopic (exact) mass is 290 g/mol. The highest BCUT2D eigenvalue weighted by Crippen LogP contribution is 2.22. The molecule has 1 N–H and O–H groups in total. The number of thiazole rings is 1. The maximum atomic E-state index is 11.3. The highest BCUT2D eigenvalue weighted by atomic mass is 32.1. The summed E-state index contributed by atoms with van der Waals surface area (Å²) in [5.74, 6) is -1.12. The molecule has 0 atom stereocenters. The molecule has 0 fully saturated rings. The van der Waals surface area contributed by atoms with Crippen molar-refractivity contribution in [3.8, 4) is 11.3 Å². The van der Waals surface area contributed by atoms with Crippen molar-refractivity contribution in [1.82, 2.24) is 29.8 Å². The molecule has 0 aromatic carbocycles. The van der Waals surface area contributed by atoms with E-state index in [0.29, 0.717) is 17.8 Å². The van der Waals surface area contributed by atoms with E-state index in [4.69, 9.17) is 0 Å². The minimum atomic E-state index is -1.12. The fraction of sp³-hybridized carbons (Fsp3) is 0.182. The van der Waals surface area contributed by atoms with Crippen molar-refractivity contribution in [3.63, 3.8) is 0 Å². The number of aromatic carboxylic acids is 1. The van der Waals surface area contributed by atoms with Crippen LogP contribution in [0.4, 0.5) is 0 Å². The van der Waals surface area contributed by atoms with Crippen molar-refractivity contribution in [2.75, 3.05) is 0 Å². The summed E-state index contributed by atoms with van der Waals surface area (Å²) >= 11 is 1.48. The number of aromatic nitrogens is 6. The van der Waals surface area contributed by atoms with Gasteiger partial charge in [0.2, 0.25) is 0 Å². The number of carboxylic acid groups (broad SMARTS) is 1. The molecule has 8 nitrogen and oxygen atoms in total. The zero-order valence-electron chi connectivity index (χ0n) is 10.5. The predicted octanol–water partition coefficient (Wildman–Crippen LogP) is 0.882. The van der Waals surface area contributed by atoms with Gasteiger partial charge in [-0.1, -0.05) is 5.21 Å². The maximum Gasteiger partial charge on any atom is 0.358 e. The van der Waals surface area contributed by atoms with Gasteiger partial charge in [0.25, 0.3) is 0 Å². The number of aryl methyl sites for hydroxylation is 1. The molecule has 0 amide bonds. The number of nitrogens with zero attached hydrogens (tertiary/aromatic N) is 6. The first-order valence-corrected chi connectivity index (χ1v) is 6.57. The minimum absolute atomic E-state index is 0.0884. The Kier molecular flexibility index (Phi) is 3.03. The summed E-state index contributed by atoms with van der Waals surface area (Å²) in [6, 6.07) is 0.